The first-order valence-electron chi connectivity index (χ1n) is 4.85. The quantitative estimate of drug-likeness (QED) is 0.456. The summed E-state index contributed by atoms with van der Waals surface area (Å²) < 4.78 is 9.82. The van der Waals surface area contributed by atoms with Crippen molar-refractivity contribution in [3.63, 3.8) is 0 Å². The zero-order valence-corrected chi connectivity index (χ0v) is 10.2. The van der Waals surface area contributed by atoms with Crippen molar-refractivity contribution in [2.24, 2.45) is 5.73 Å². The molecule has 0 aliphatic heterocycles. The second-order valence-corrected chi connectivity index (χ2v) is 3.56. The van der Waals surface area contributed by atoms with Gasteiger partial charge in [0.05, 0.1) is 25.0 Å². The average molecular weight is 258 g/mol. The van der Waals surface area contributed by atoms with Crippen LogP contribution in [0.5, 0.6) is 0 Å². The molecule has 0 aliphatic carbocycles. The highest BCUT2D eigenvalue weighted by Crippen LogP contribution is 2.09. The van der Waals surface area contributed by atoms with Crippen molar-refractivity contribution in [2.45, 2.75) is 0 Å². The monoisotopic (exact) mass is 258 g/mol. The van der Waals surface area contributed by atoms with E-state index in [0.717, 1.165) is 0 Å². The summed E-state index contributed by atoms with van der Waals surface area (Å²) in [6.07, 6.45) is 1.45. The van der Waals surface area contributed by atoms with Gasteiger partial charge in [0.25, 0.3) is 5.91 Å². The molecule has 94 valence electrons. The predicted octanol–water partition coefficient (Wildman–Crippen LogP) is -0.355. The largest absolute Gasteiger partial charge is 0.389 e. The maximum atomic E-state index is 11.4. The van der Waals surface area contributed by atoms with Gasteiger partial charge in [0.1, 0.15) is 17.4 Å². The van der Waals surface area contributed by atoms with Crippen LogP contribution in [0, 0.1) is 0 Å². The molecule has 0 aromatic carbocycles. The first-order valence-corrected chi connectivity index (χ1v) is 5.25. The summed E-state index contributed by atoms with van der Waals surface area (Å²) in [6, 6.07) is 0. The summed E-state index contributed by atoms with van der Waals surface area (Å²) in [5.74, 6) is 0.0562. The molecule has 0 unspecified atom stereocenters. The number of amides is 1. The molecule has 0 radical (unpaired) electrons. The van der Waals surface area contributed by atoms with Crippen molar-refractivity contribution in [3.8, 4) is 0 Å². The van der Waals surface area contributed by atoms with E-state index >= 15 is 0 Å². The van der Waals surface area contributed by atoms with Crippen LogP contribution in [0.15, 0.2) is 6.20 Å². The van der Waals surface area contributed by atoms with E-state index in [9.17, 15) is 4.79 Å². The maximum absolute atomic E-state index is 11.4. The molecule has 0 aliphatic rings. The Morgan fingerprint density at radius 3 is 3.06 bits per heavy atom. The number of hydrogen-bond acceptors (Lipinski definition) is 5. The van der Waals surface area contributed by atoms with Crippen molar-refractivity contribution >= 4 is 28.9 Å². The van der Waals surface area contributed by atoms with Crippen molar-refractivity contribution < 1.29 is 14.3 Å². The molecule has 0 spiro atoms. The van der Waals surface area contributed by atoms with E-state index in [-0.39, 0.29) is 17.5 Å². The molecule has 4 N–H and O–H groups in total. The molecule has 1 aromatic heterocycles. The number of thiocarbonyl (C=S) groups is 1. The molecule has 1 heterocycles. The average Bonchev–Trinajstić information content (AvgIpc) is 2.72. The number of aromatic amines is 1. The number of methoxy groups -OCH3 is 1. The fourth-order valence-corrected chi connectivity index (χ4v) is 1.21. The van der Waals surface area contributed by atoms with E-state index < -0.39 is 0 Å². The normalized spacial score (nSPS) is 10.2. The molecule has 7 nitrogen and oxygen atoms in total. The molecule has 1 amide bonds. The summed E-state index contributed by atoms with van der Waals surface area (Å²) >= 11 is 4.80. The molecule has 0 bridgehead atoms. The first-order chi connectivity index (χ1) is 8.15. The Balaban J connectivity index is 2.40. The predicted molar refractivity (Wildman–Crippen MR) is 65.8 cm³/mol. The second-order valence-electron chi connectivity index (χ2n) is 3.12. The number of nitrogens with zero attached hydrogens (tertiary/aromatic N) is 1. The van der Waals surface area contributed by atoms with E-state index in [0.29, 0.717) is 24.6 Å². The number of hydrogen-bond donors (Lipinski definition) is 3. The van der Waals surface area contributed by atoms with Gasteiger partial charge in [-0.15, -0.1) is 0 Å². The second kappa shape index (κ2) is 6.94. The van der Waals surface area contributed by atoms with Gasteiger partial charge in [-0.25, -0.2) is 0 Å². The SMILES string of the molecule is COCCOCC(=O)Nc1[nH]ncc1C(N)=S. The number of H-pyrrole nitrogens is 1. The molecule has 17 heavy (non-hydrogen) atoms. The van der Waals surface area contributed by atoms with Gasteiger partial charge < -0.3 is 20.5 Å². The topological polar surface area (TPSA) is 102 Å². The minimum absolute atomic E-state index is 0.0703. The first kappa shape index (κ1) is 13.6. The lowest BCUT2D eigenvalue weighted by Gasteiger charge is -2.05. The maximum Gasteiger partial charge on any atom is 0.251 e. The van der Waals surface area contributed by atoms with E-state index in [1.807, 2.05) is 0 Å². The van der Waals surface area contributed by atoms with Crippen LogP contribution in [0.25, 0.3) is 0 Å². The fraction of sp³-hybridized carbons (Fsp3) is 0.444. The highest BCUT2D eigenvalue weighted by atomic mass is 32.1. The van der Waals surface area contributed by atoms with Crippen LogP contribution in [0.2, 0.25) is 0 Å². The van der Waals surface area contributed by atoms with Gasteiger partial charge in [-0.1, -0.05) is 12.2 Å². The fourth-order valence-electron chi connectivity index (χ4n) is 1.05. The molecule has 8 heteroatoms. The summed E-state index contributed by atoms with van der Waals surface area (Å²) in [4.78, 5) is 11.6. The third-order valence-corrected chi connectivity index (χ3v) is 2.05. The standard InChI is InChI=1S/C9H14N4O3S/c1-15-2-3-16-5-7(14)12-9-6(8(10)17)4-11-13-9/h4H,2-3,5H2,1H3,(H2,10,17)(H2,11,12,13,14). The van der Waals surface area contributed by atoms with Crippen LogP contribution >= 0.6 is 12.2 Å². The van der Waals surface area contributed by atoms with Crippen molar-refractivity contribution in [3.05, 3.63) is 11.8 Å². The Hall–Kier alpha value is -1.51. The molecule has 0 atom stereocenters. The molecule has 0 saturated carbocycles. The van der Waals surface area contributed by atoms with Crippen LogP contribution in [0.1, 0.15) is 5.56 Å². The molecular formula is C9H14N4O3S. The lowest BCUT2D eigenvalue weighted by Crippen LogP contribution is -2.21. The summed E-state index contributed by atoms with van der Waals surface area (Å²) in [7, 11) is 1.56. The number of carbonyl (C=O) groups is 1. The highest BCUT2D eigenvalue weighted by Gasteiger charge is 2.10. The van der Waals surface area contributed by atoms with Crippen LogP contribution in [-0.2, 0) is 14.3 Å². The van der Waals surface area contributed by atoms with E-state index in [2.05, 4.69) is 15.5 Å². The number of nitrogens with one attached hydrogen (secondary N) is 2. The van der Waals surface area contributed by atoms with Crippen LogP contribution < -0.4 is 11.1 Å². The molecule has 0 fully saturated rings. The molecular weight excluding hydrogens is 244 g/mol. The van der Waals surface area contributed by atoms with Gasteiger partial charge >= 0.3 is 0 Å². The minimum Gasteiger partial charge on any atom is -0.389 e. The van der Waals surface area contributed by atoms with E-state index in [4.69, 9.17) is 27.4 Å². The Bertz CT molecular complexity index is 393. The van der Waals surface area contributed by atoms with Crippen LogP contribution in [-0.4, -0.2) is 48.0 Å². The summed E-state index contributed by atoms with van der Waals surface area (Å²) in [5, 5.41) is 8.89. The Morgan fingerprint density at radius 2 is 2.41 bits per heavy atom. The molecule has 1 rings (SSSR count). The zero-order valence-electron chi connectivity index (χ0n) is 9.36. The number of carbonyl (C=O) groups excluding carboxylic acids is 1. The number of aromatic nitrogens is 2. The Morgan fingerprint density at radius 1 is 1.65 bits per heavy atom. The minimum atomic E-state index is -0.317. The van der Waals surface area contributed by atoms with Crippen molar-refractivity contribution in [1.82, 2.24) is 10.2 Å². The number of anilines is 1. The summed E-state index contributed by atoms with van der Waals surface area (Å²) in [5.41, 5.74) is 5.94. The summed E-state index contributed by atoms with van der Waals surface area (Å²) in [6.45, 7) is 0.726. The molecule has 1 aromatic rings. The third-order valence-electron chi connectivity index (χ3n) is 1.83. The van der Waals surface area contributed by atoms with Crippen molar-refractivity contribution in [1.29, 1.82) is 0 Å². The van der Waals surface area contributed by atoms with Gasteiger partial charge in [0.2, 0.25) is 0 Å². The van der Waals surface area contributed by atoms with Crippen molar-refractivity contribution in [2.75, 3.05) is 32.2 Å². The lowest BCUT2D eigenvalue weighted by molar-refractivity contribution is -0.121. The van der Waals surface area contributed by atoms with Gasteiger partial charge in [-0.05, 0) is 0 Å². The van der Waals surface area contributed by atoms with Gasteiger partial charge in [0, 0.05) is 7.11 Å². The highest BCUT2D eigenvalue weighted by molar-refractivity contribution is 7.80. The van der Waals surface area contributed by atoms with E-state index in [1.54, 1.807) is 7.11 Å². The smallest absolute Gasteiger partial charge is 0.251 e. The van der Waals surface area contributed by atoms with E-state index in [1.165, 1.54) is 6.20 Å². The van der Waals surface area contributed by atoms with Crippen LogP contribution in [0.3, 0.4) is 0 Å². The zero-order chi connectivity index (χ0) is 12.7. The number of ether oxygens (including phenoxy) is 2. The Kier molecular flexibility index (Phi) is 5.53. The number of rotatable bonds is 7. The molecule has 0 saturated heterocycles. The lowest BCUT2D eigenvalue weighted by atomic mass is 10.3. The Labute approximate surface area is 104 Å². The van der Waals surface area contributed by atoms with Gasteiger partial charge in [0.15, 0.2) is 0 Å². The van der Waals surface area contributed by atoms with Gasteiger partial charge in [-0.3, -0.25) is 9.89 Å². The van der Waals surface area contributed by atoms with Crippen LogP contribution in [0.4, 0.5) is 5.82 Å². The number of nitrogens with two attached hydrogens (primary N) is 1. The third kappa shape index (κ3) is 4.47. The van der Waals surface area contributed by atoms with Gasteiger partial charge in [-0.2, -0.15) is 5.10 Å².